The van der Waals surface area contributed by atoms with Gasteiger partial charge in [0.2, 0.25) is 0 Å². The van der Waals surface area contributed by atoms with Crippen molar-refractivity contribution in [2.45, 2.75) is 25.2 Å². The lowest BCUT2D eigenvalue weighted by molar-refractivity contribution is 0.989. The van der Waals surface area contributed by atoms with Gasteiger partial charge in [-0.25, -0.2) is 9.97 Å². The minimum absolute atomic E-state index is 0.537. The second kappa shape index (κ2) is 6.90. The van der Waals surface area contributed by atoms with Gasteiger partial charge in [-0.3, -0.25) is 0 Å². The molecule has 0 aliphatic rings. The summed E-state index contributed by atoms with van der Waals surface area (Å²) in [5.41, 5.74) is 2.01. The van der Waals surface area contributed by atoms with Gasteiger partial charge in [-0.2, -0.15) is 0 Å². The quantitative estimate of drug-likeness (QED) is 0.404. The van der Waals surface area contributed by atoms with Crippen LogP contribution >= 0.6 is 46.0 Å². The van der Waals surface area contributed by atoms with E-state index in [1.807, 2.05) is 11.8 Å². The summed E-state index contributed by atoms with van der Waals surface area (Å²) >= 11 is 10.2. The van der Waals surface area contributed by atoms with Crippen LogP contribution in [0.5, 0.6) is 0 Å². The van der Waals surface area contributed by atoms with Crippen LogP contribution in [0.25, 0.3) is 11.4 Å². The Kier molecular flexibility index (Phi) is 5.47. The second-order valence-corrected chi connectivity index (χ2v) is 6.68. The van der Waals surface area contributed by atoms with E-state index < -0.39 is 0 Å². The van der Waals surface area contributed by atoms with Crippen LogP contribution in [0.3, 0.4) is 0 Å². The normalized spacial score (nSPS) is 10.7. The van der Waals surface area contributed by atoms with Crippen LogP contribution in [-0.4, -0.2) is 15.7 Å². The van der Waals surface area contributed by atoms with E-state index in [0.29, 0.717) is 11.0 Å². The third-order valence-corrected chi connectivity index (χ3v) is 5.26. The van der Waals surface area contributed by atoms with Crippen LogP contribution in [0.1, 0.15) is 19.5 Å². The van der Waals surface area contributed by atoms with E-state index in [0.717, 1.165) is 27.0 Å². The maximum absolute atomic E-state index is 6.17. The molecule has 0 amide bonds. The summed E-state index contributed by atoms with van der Waals surface area (Å²) in [4.78, 5) is 10.2. The molecule has 1 aromatic heterocycles. The van der Waals surface area contributed by atoms with Crippen molar-refractivity contribution < 1.29 is 0 Å². The van der Waals surface area contributed by atoms with E-state index in [1.54, 1.807) is 0 Å². The summed E-state index contributed by atoms with van der Waals surface area (Å²) in [5, 5.41) is 0.537. The predicted molar refractivity (Wildman–Crippen MR) is 91.0 cm³/mol. The van der Waals surface area contributed by atoms with Crippen molar-refractivity contribution in [3.05, 3.63) is 38.7 Å². The number of aromatic nitrogens is 2. The van der Waals surface area contributed by atoms with Crippen LogP contribution in [-0.2, 0) is 6.42 Å². The lowest BCUT2D eigenvalue weighted by Crippen LogP contribution is -1.99. The first-order chi connectivity index (χ1) is 9.15. The van der Waals surface area contributed by atoms with Gasteiger partial charge in [-0.05, 0) is 46.9 Å². The fraction of sp³-hybridized carbons (Fsp3) is 0.286. The molecule has 0 saturated heterocycles. The summed E-state index contributed by atoms with van der Waals surface area (Å²) in [6, 6.07) is 8.31. The largest absolute Gasteiger partial charge is 0.232 e. The fourth-order valence-corrected chi connectivity index (χ4v) is 3.17. The van der Waals surface area contributed by atoms with Crippen molar-refractivity contribution in [3.63, 3.8) is 0 Å². The first-order valence-electron chi connectivity index (χ1n) is 6.10. The molecule has 0 aliphatic carbocycles. The zero-order valence-electron chi connectivity index (χ0n) is 10.8. The van der Waals surface area contributed by atoms with E-state index in [2.05, 4.69) is 70.7 Å². The first-order valence-corrected chi connectivity index (χ1v) is 8.55. The van der Waals surface area contributed by atoms with Gasteiger partial charge in [-0.15, -0.1) is 11.8 Å². The molecular weight excluding hydrogens is 391 g/mol. The van der Waals surface area contributed by atoms with Crippen LogP contribution in [0.2, 0.25) is 5.15 Å². The monoisotopic (exact) mass is 404 g/mol. The van der Waals surface area contributed by atoms with Crippen molar-refractivity contribution in [1.82, 2.24) is 9.97 Å². The van der Waals surface area contributed by atoms with Crippen molar-refractivity contribution in [2.24, 2.45) is 0 Å². The summed E-state index contributed by atoms with van der Waals surface area (Å²) in [7, 11) is 0. The van der Waals surface area contributed by atoms with Crippen molar-refractivity contribution in [1.29, 1.82) is 0 Å². The minimum Gasteiger partial charge on any atom is -0.232 e. The molecule has 1 heterocycles. The van der Waals surface area contributed by atoms with Crippen molar-refractivity contribution in [2.75, 3.05) is 5.75 Å². The molecular formula is C14H14ClIN2S. The van der Waals surface area contributed by atoms with Gasteiger partial charge in [0, 0.05) is 10.5 Å². The second-order valence-electron chi connectivity index (χ2n) is 3.91. The molecule has 0 fully saturated rings. The molecule has 0 radical (unpaired) electrons. The molecule has 5 heteroatoms. The number of hydrogen-bond acceptors (Lipinski definition) is 3. The molecule has 0 bridgehead atoms. The fourth-order valence-electron chi connectivity index (χ4n) is 1.69. The summed E-state index contributed by atoms with van der Waals surface area (Å²) < 4.78 is 0.948. The Hall–Kier alpha value is -0.330. The third-order valence-electron chi connectivity index (χ3n) is 2.64. The van der Waals surface area contributed by atoms with Gasteiger partial charge in [0.1, 0.15) is 5.15 Å². The van der Waals surface area contributed by atoms with Gasteiger partial charge in [0.05, 0.1) is 9.26 Å². The zero-order valence-corrected chi connectivity index (χ0v) is 14.5. The van der Waals surface area contributed by atoms with Crippen LogP contribution in [0, 0.1) is 3.57 Å². The number of thioether (sulfide) groups is 1. The van der Waals surface area contributed by atoms with Gasteiger partial charge < -0.3 is 0 Å². The molecule has 0 spiro atoms. The Labute approximate surface area is 136 Å². The number of rotatable bonds is 4. The summed E-state index contributed by atoms with van der Waals surface area (Å²) in [6.07, 6.45) is 0.858. The smallest absolute Gasteiger partial charge is 0.161 e. The molecule has 0 aliphatic heterocycles. The molecule has 0 N–H and O–H groups in total. The summed E-state index contributed by atoms with van der Waals surface area (Å²) in [5.74, 6) is 1.78. The van der Waals surface area contributed by atoms with E-state index in [4.69, 9.17) is 11.6 Å². The lowest BCUT2D eigenvalue weighted by Gasteiger charge is -2.07. The highest BCUT2D eigenvalue weighted by atomic mass is 127. The van der Waals surface area contributed by atoms with E-state index in [-0.39, 0.29) is 0 Å². The van der Waals surface area contributed by atoms with E-state index in [9.17, 15) is 0 Å². The van der Waals surface area contributed by atoms with Gasteiger partial charge in [0.15, 0.2) is 5.82 Å². The molecule has 0 unspecified atom stereocenters. The molecule has 0 atom stereocenters. The maximum atomic E-state index is 6.17. The number of halogens is 2. The average molecular weight is 405 g/mol. The molecule has 2 rings (SSSR count). The Morgan fingerprint density at radius 2 is 1.84 bits per heavy atom. The number of aryl methyl sites for hydroxylation is 1. The highest BCUT2D eigenvalue weighted by Gasteiger charge is 2.10. The topological polar surface area (TPSA) is 25.8 Å². The highest BCUT2D eigenvalue weighted by Crippen LogP contribution is 2.26. The Balaban J connectivity index is 2.38. The van der Waals surface area contributed by atoms with Crippen LogP contribution < -0.4 is 0 Å². The Bertz CT molecular complexity index is 572. The van der Waals surface area contributed by atoms with Crippen molar-refractivity contribution in [3.8, 4) is 11.4 Å². The number of hydrogen-bond donors (Lipinski definition) is 0. The van der Waals surface area contributed by atoms with Gasteiger partial charge in [-0.1, -0.05) is 37.6 Å². The third kappa shape index (κ3) is 3.61. The molecule has 19 heavy (non-hydrogen) atoms. The Morgan fingerprint density at radius 3 is 2.42 bits per heavy atom. The standard InChI is InChI=1S/C14H14ClIN2S/c1-3-11-12(16)13(15)18-14(17-11)9-5-7-10(8-6-9)19-4-2/h5-8H,3-4H2,1-2H3. The van der Waals surface area contributed by atoms with Crippen LogP contribution in [0.4, 0.5) is 0 Å². The van der Waals surface area contributed by atoms with Gasteiger partial charge >= 0.3 is 0 Å². The maximum Gasteiger partial charge on any atom is 0.161 e. The molecule has 2 aromatic rings. The molecule has 1 aromatic carbocycles. The summed E-state index contributed by atoms with van der Waals surface area (Å²) in [6.45, 7) is 4.22. The SMILES string of the molecule is CCSc1ccc(-c2nc(Cl)c(I)c(CC)n2)cc1. The number of nitrogens with zero attached hydrogens (tertiary/aromatic N) is 2. The Morgan fingerprint density at radius 1 is 1.16 bits per heavy atom. The van der Waals surface area contributed by atoms with Crippen molar-refractivity contribution >= 4 is 46.0 Å². The lowest BCUT2D eigenvalue weighted by atomic mass is 10.2. The molecule has 100 valence electrons. The van der Waals surface area contributed by atoms with E-state index in [1.165, 1.54) is 4.90 Å². The van der Waals surface area contributed by atoms with E-state index >= 15 is 0 Å². The zero-order chi connectivity index (χ0) is 13.8. The highest BCUT2D eigenvalue weighted by molar-refractivity contribution is 14.1. The average Bonchev–Trinajstić information content (AvgIpc) is 2.43. The molecule has 0 saturated carbocycles. The first kappa shape index (κ1) is 15.1. The van der Waals surface area contributed by atoms with Gasteiger partial charge in [0.25, 0.3) is 0 Å². The van der Waals surface area contributed by atoms with Crippen LogP contribution in [0.15, 0.2) is 29.2 Å². The number of benzene rings is 1. The molecule has 2 nitrogen and oxygen atoms in total. The predicted octanol–water partition coefficient (Wildman–Crippen LogP) is 5.08. The minimum atomic E-state index is 0.537.